The molecular formula is C17H11FN2O2. The molecule has 0 aliphatic heterocycles. The van der Waals surface area contributed by atoms with E-state index in [0.717, 1.165) is 6.92 Å². The molecule has 4 nitrogen and oxygen atoms in total. The van der Waals surface area contributed by atoms with Gasteiger partial charge in [-0.25, -0.2) is 4.39 Å². The quantitative estimate of drug-likeness (QED) is 0.480. The third-order valence-corrected chi connectivity index (χ3v) is 2.95. The molecule has 108 valence electrons. The Morgan fingerprint density at radius 2 is 1.82 bits per heavy atom. The molecule has 0 fully saturated rings. The molecule has 0 spiro atoms. The van der Waals surface area contributed by atoms with Crippen molar-refractivity contribution in [1.82, 2.24) is 0 Å². The first kappa shape index (κ1) is 15.2. The van der Waals surface area contributed by atoms with Gasteiger partial charge in [-0.15, -0.1) is 0 Å². The third kappa shape index (κ3) is 3.47. The number of hydrogen-bond acceptors (Lipinski definition) is 3. The number of para-hydroxylation sites is 1. The van der Waals surface area contributed by atoms with E-state index in [0.29, 0.717) is 16.7 Å². The fourth-order valence-electron chi connectivity index (χ4n) is 1.83. The molecule has 2 rings (SSSR count). The minimum absolute atomic E-state index is 0.0159. The number of nitro groups is 1. The molecule has 0 saturated carbocycles. The molecule has 2 aromatic rings. The lowest BCUT2D eigenvalue weighted by Crippen LogP contribution is -2.10. The molecular weight excluding hydrogens is 283 g/mol. The average molecular weight is 294 g/mol. The van der Waals surface area contributed by atoms with Crippen LogP contribution in [0, 0.1) is 33.3 Å². The molecule has 22 heavy (non-hydrogen) atoms. The minimum Gasteiger partial charge on any atom is -0.258 e. The maximum atomic E-state index is 13.4. The van der Waals surface area contributed by atoms with Crippen molar-refractivity contribution in [3.05, 3.63) is 64.2 Å². The first-order valence-corrected chi connectivity index (χ1v) is 6.40. The predicted molar refractivity (Wildman–Crippen MR) is 80.5 cm³/mol. The van der Waals surface area contributed by atoms with Crippen molar-refractivity contribution >= 4 is 5.69 Å². The van der Waals surface area contributed by atoms with Crippen LogP contribution in [0.4, 0.5) is 10.1 Å². The molecule has 1 atom stereocenters. The van der Waals surface area contributed by atoms with E-state index in [1.807, 2.05) is 0 Å². The molecule has 0 aliphatic carbocycles. The van der Waals surface area contributed by atoms with Crippen LogP contribution < -0.4 is 0 Å². The summed E-state index contributed by atoms with van der Waals surface area (Å²) in [6.45, 7) is 1.09. The standard InChI is InChI=1S/C17H11FN2O2/c1-17(18,12-19)11-10-13-6-8-14(9-7-13)15-4-2-3-5-16(15)20(21)22/h2-9H,1H3. The zero-order valence-electron chi connectivity index (χ0n) is 11.7. The van der Waals surface area contributed by atoms with Crippen LogP contribution in [0.1, 0.15) is 12.5 Å². The largest absolute Gasteiger partial charge is 0.277 e. The molecule has 1 unspecified atom stereocenters. The zero-order chi connectivity index (χ0) is 16.2. The third-order valence-electron chi connectivity index (χ3n) is 2.95. The van der Waals surface area contributed by atoms with Crippen LogP contribution >= 0.6 is 0 Å². The fourth-order valence-corrected chi connectivity index (χ4v) is 1.83. The molecule has 0 bridgehead atoms. The van der Waals surface area contributed by atoms with E-state index in [2.05, 4.69) is 11.8 Å². The molecule has 0 aromatic heterocycles. The summed E-state index contributed by atoms with van der Waals surface area (Å²) in [5, 5.41) is 19.6. The lowest BCUT2D eigenvalue weighted by molar-refractivity contribution is -0.384. The van der Waals surface area contributed by atoms with Gasteiger partial charge in [0.15, 0.2) is 0 Å². The van der Waals surface area contributed by atoms with Gasteiger partial charge in [-0.2, -0.15) is 5.26 Å². The number of nitrogens with zero attached hydrogens (tertiary/aromatic N) is 2. The summed E-state index contributed by atoms with van der Waals surface area (Å²) in [6, 6.07) is 14.5. The summed E-state index contributed by atoms with van der Waals surface area (Å²) in [5.74, 6) is 4.80. The SMILES string of the molecule is CC(F)(C#N)C#Cc1ccc(-c2ccccc2[N+](=O)[O-])cc1. The van der Waals surface area contributed by atoms with Gasteiger partial charge in [0, 0.05) is 11.6 Å². The molecule has 0 heterocycles. The van der Waals surface area contributed by atoms with Crippen molar-refractivity contribution in [3.8, 4) is 29.0 Å². The van der Waals surface area contributed by atoms with Gasteiger partial charge in [0.05, 0.1) is 10.5 Å². The van der Waals surface area contributed by atoms with Crippen LogP contribution in [-0.2, 0) is 0 Å². The first-order valence-electron chi connectivity index (χ1n) is 6.40. The van der Waals surface area contributed by atoms with E-state index in [-0.39, 0.29) is 5.69 Å². The van der Waals surface area contributed by atoms with E-state index in [9.17, 15) is 14.5 Å². The Morgan fingerprint density at radius 1 is 1.18 bits per heavy atom. The summed E-state index contributed by atoms with van der Waals surface area (Å²) in [5.41, 5.74) is -0.485. The van der Waals surface area contributed by atoms with Gasteiger partial charge >= 0.3 is 0 Å². The van der Waals surface area contributed by atoms with E-state index in [4.69, 9.17) is 5.26 Å². The van der Waals surface area contributed by atoms with E-state index < -0.39 is 10.6 Å². The molecule has 0 N–H and O–H groups in total. The average Bonchev–Trinajstić information content (AvgIpc) is 2.53. The Balaban J connectivity index is 2.35. The number of nitro benzene ring substituents is 1. The van der Waals surface area contributed by atoms with E-state index in [1.54, 1.807) is 42.5 Å². The maximum Gasteiger partial charge on any atom is 0.277 e. The Kier molecular flexibility index (Phi) is 4.20. The summed E-state index contributed by atoms with van der Waals surface area (Å²) in [4.78, 5) is 10.6. The monoisotopic (exact) mass is 294 g/mol. The number of hydrogen-bond donors (Lipinski definition) is 0. The number of rotatable bonds is 2. The fraction of sp³-hybridized carbons (Fsp3) is 0.118. The van der Waals surface area contributed by atoms with Gasteiger partial charge < -0.3 is 0 Å². The Hall–Kier alpha value is -3.18. The second kappa shape index (κ2) is 6.07. The minimum atomic E-state index is -2.20. The van der Waals surface area contributed by atoms with Gasteiger partial charge in [0.25, 0.3) is 11.4 Å². The van der Waals surface area contributed by atoms with Gasteiger partial charge in [-0.1, -0.05) is 30.2 Å². The predicted octanol–water partition coefficient (Wildman–Crippen LogP) is 3.87. The zero-order valence-corrected chi connectivity index (χ0v) is 11.7. The van der Waals surface area contributed by atoms with Gasteiger partial charge in [-0.3, -0.25) is 10.1 Å². The van der Waals surface area contributed by atoms with Crippen molar-refractivity contribution in [3.63, 3.8) is 0 Å². The topological polar surface area (TPSA) is 66.9 Å². The lowest BCUT2D eigenvalue weighted by atomic mass is 10.0. The maximum absolute atomic E-state index is 13.4. The van der Waals surface area contributed by atoms with Gasteiger partial charge in [0.2, 0.25) is 0 Å². The second-order valence-corrected chi connectivity index (χ2v) is 4.72. The highest BCUT2D eigenvalue weighted by atomic mass is 19.1. The summed E-state index contributed by atoms with van der Waals surface area (Å²) in [7, 11) is 0. The van der Waals surface area contributed by atoms with Crippen molar-refractivity contribution in [1.29, 1.82) is 5.26 Å². The smallest absolute Gasteiger partial charge is 0.258 e. The molecule has 0 aliphatic rings. The van der Waals surface area contributed by atoms with Crippen LogP contribution in [0.25, 0.3) is 11.1 Å². The molecule has 0 saturated heterocycles. The highest BCUT2D eigenvalue weighted by molar-refractivity contribution is 5.73. The first-order chi connectivity index (χ1) is 10.4. The Labute approximate surface area is 127 Å². The van der Waals surface area contributed by atoms with Crippen LogP contribution in [-0.4, -0.2) is 10.6 Å². The molecule has 0 amide bonds. The van der Waals surface area contributed by atoms with E-state index >= 15 is 0 Å². The summed E-state index contributed by atoms with van der Waals surface area (Å²) in [6.07, 6.45) is 0. The summed E-state index contributed by atoms with van der Waals surface area (Å²) >= 11 is 0. The van der Waals surface area contributed by atoms with Crippen LogP contribution in [0.3, 0.4) is 0 Å². The molecule has 5 heteroatoms. The van der Waals surface area contributed by atoms with Crippen molar-refractivity contribution in [2.75, 3.05) is 0 Å². The van der Waals surface area contributed by atoms with Crippen molar-refractivity contribution in [2.24, 2.45) is 0 Å². The van der Waals surface area contributed by atoms with E-state index in [1.165, 1.54) is 12.1 Å². The van der Waals surface area contributed by atoms with Crippen LogP contribution in [0.5, 0.6) is 0 Å². The lowest BCUT2D eigenvalue weighted by Gasteiger charge is -2.03. The Bertz CT molecular complexity index is 809. The Morgan fingerprint density at radius 3 is 2.41 bits per heavy atom. The number of halogens is 1. The normalized spacial score (nSPS) is 12.4. The van der Waals surface area contributed by atoms with Gasteiger partial charge in [-0.05, 0) is 36.6 Å². The highest BCUT2D eigenvalue weighted by Gasteiger charge is 2.17. The van der Waals surface area contributed by atoms with Crippen LogP contribution in [0.15, 0.2) is 48.5 Å². The number of nitriles is 1. The van der Waals surface area contributed by atoms with Crippen molar-refractivity contribution < 1.29 is 9.31 Å². The molecule has 2 aromatic carbocycles. The second-order valence-electron chi connectivity index (χ2n) is 4.72. The summed E-state index contributed by atoms with van der Waals surface area (Å²) < 4.78 is 13.4. The number of benzene rings is 2. The number of alkyl halides is 1. The van der Waals surface area contributed by atoms with Crippen molar-refractivity contribution in [2.45, 2.75) is 12.6 Å². The molecule has 0 radical (unpaired) electrons. The highest BCUT2D eigenvalue weighted by Crippen LogP contribution is 2.29. The van der Waals surface area contributed by atoms with Crippen LogP contribution in [0.2, 0.25) is 0 Å². The van der Waals surface area contributed by atoms with Gasteiger partial charge in [0.1, 0.15) is 6.07 Å².